The summed E-state index contributed by atoms with van der Waals surface area (Å²) in [4.78, 5) is 19.2. The van der Waals surface area contributed by atoms with Gasteiger partial charge in [-0.1, -0.05) is 12.1 Å². The van der Waals surface area contributed by atoms with E-state index in [4.69, 9.17) is 0 Å². The minimum absolute atomic E-state index is 0.0270. The number of amides is 2. The average molecular weight is 473 g/mol. The van der Waals surface area contributed by atoms with Crippen molar-refractivity contribution in [1.82, 2.24) is 14.6 Å². The molecule has 170 valence electrons. The molecule has 1 aromatic carbocycles. The van der Waals surface area contributed by atoms with Crippen molar-refractivity contribution in [3.05, 3.63) is 56.4 Å². The highest BCUT2D eigenvalue weighted by Gasteiger charge is 2.26. The average Bonchev–Trinajstić information content (AvgIpc) is 3.54. The molecule has 1 atom stereocenters. The van der Waals surface area contributed by atoms with E-state index in [-0.39, 0.29) is 6.04 Å². The number of urea groups is 1. The van der Waals surface area contributed by atoms with Gasteiger partial charge < -0.3 is 5.32 Å². The zero-order valence-electron chi connectivity index (χ0n) is 18.0. The third-order valence-electron chi connectivity index (χ3n) is 6.66. The van der Waals surface area contributed by atoms with Crippen molar-refractivity contribution in [2.75, 3.05) is 11.9 Å². The van der Waals surface area contributed by atoms with Crippen LogP contribution < -0.4 is 10.0 Å². The lowest BCUT2D eigenvalue weighted by molar-refractivity contribution is 0.256. The fourth-order valence-electron chi connectivity index (χ4n) is 5.23. The summed E-state index contributed by atoms with van der Waals surface area (Å²) in [7, 11) is -3.88. The molecule has 9 heteroatoms. The second kappa shape index (κ2) is 8.96. The van der Waals surface area contributed by atoms with E-state index in [1.54, 1.807) is 23.6 Å². The van der Waals surface area contributed by atoms with Gasteiger partial charge in [0.2, 0.25) is 0 Å². The van der Waals surface area contributed by atoms with Crippen LogP contribution in [0.2, 0.25) is 0 Å². The van der Waals surface area contributed by atoms with Crippen LogP contribution in [0.4, 0.5) is 10.5 Å². The van der Waals surface area contributed by atoms with Crippen LogP contribution >= 0.6 is 11.3 Å². The Balaban J connectivity index is 1.25. The second-order valence-corrected chi connectivity index (χ2v) is 11.3. The molecular weight excluding hydrogens is 444 g/mol. The van der Waals surface area contributed by atoms with Crippen molar-refractivity contribution >= 4 is 33.1 Å². The largest absolute Gasteiger partial charge is 0.333 e. The molecule has 0 unspecified atom stereocenters. The van der Waals surface area contributed by atoms with Crippen LogP contribution in [0.5, 0.6) is 0 Å². The first kappa shape index (κ1) is 21.6. The fraction of sp³-hybridized carbons (Fsp3) is 0.478. The Bertz CT molecular complexity index is 1110. The lowest BCUT2D eigenvalue weighted by atomic mass is 9.99. The molecule has 0 spiro atoms. The molecule has 32 heavy (non-hydrogen) atoms. The van der Waals surface area contributed by atoms with Crippen LogP contribution in [0.1, 0.15) is 52.9 Å². The van der Waals surface area contributed by atoms with Crippen LogP contribution in [0.25, 0.3) is 0 Å². The number of carbonyl (C=O) groups excluding carboxylic acids is 1. The molecule has 2 aliphatic carbocycles. The minimum Gasteiger partial charge on any atom is -0.307 e. The quantitative estimate of drug-likeness (QED) is 0.668. The molecule has 2 amide bonds. The molecule has 5 rings (SSSR count). The monoisotopic (exact) mass is 472 g/mol. The summed E-state index contributed by atoms with van der Waals surface area (Å²) >= 11 is 1.60. The van der Waals surface area contributed by atoms with Gasteiger partial charge in [0.25, 0.3) is 10.0 Å². The maximum absolute atomic E-state index is 12.6. The highest BCUT2D eigenvalue weighted by molar-refractivity contribution is 7.92. The van der Waals surface area contributed by atoms with Gasteiger partial charge in [0, 0.05) is 28.7 Å². The first-order chi connectivity index (χ1) is 15.5. The Morgan fingerprint density at radius 1 is 1.16 bits per heavy atom. The van der Waals surface area contributed by atoms with Gasteiger partial charge in [0.05, 0.1) is 6.54 Å². The number of nitrogens with zero attached hydrogens (tertiary/aromatic N) is 2. The van der Waals surface area contributed by atoms with Crippen LogP contribution in [-0.2, 0) is 42.3 Å². The van der Waals surface area contributed by atoms with Crippen LogP contribution in [0, 0.1) is 0 Å². The molecule has 0 saturated carbocycles. The van der Waals surface area contributed by atoms with Gasteiger partial charge >= 0.3 is 6.03 Å². The van der Waals surface area contributed by atoms with E-state index in [1.807, 2.05) is 5.38 Å². The normalized spacial score (nSPS) is 20.6. The molecule has 0 bridgehead atoms. The predicted molar refractivity (Wildman–Crippen MR) is 126 cm³/mol. The molecule has 2 aromatic rings. The lowest BCUT2D eigenvalue weighted by Crippen LogP contribution is -2.34. The van der Waals surface area contributed by atoms with Crippen molar-refractivity contribution in [3.63, 3.8) is 0 Å². The Morgan fingerprint density at radius 3 is 2.59 bits per heavy atom. The maximum atomic E-state index is 12.6. The number of rotatable bonds is 6. The van der Waals surface area contributed by atoms with E-state index in [0.29, 0.717) is 6.54 Å². The van der Waals surface area contributed by atoms with Crippen molar-refractivity contribution in [3.8, 4) is 0 Å². The molecular formula is C23H28N4O3S2. The molecule has 1 aromatic heterocycles. The Kier molecular flexibility index (Phi) is 6.05. The number of likely N-dealkylation sites (tertiary alicyclic amines) is 1. The first-order valence-electron chi connectivity index (χ1n) is 11.3. The van der Waals surface area contributed by atoms with E-state index in [9.17, 15) is 13.2 Å². The van der Waals surface area contributed by atoms with Gasteiger partial charge in [-0.25, -0.2) is 22.9 Å². The number of carbonyl (C=O) groups is 1. The summed E-state index contributed by atoms with van der Waals surface area (Å²) in [6, 6.07) is 1.63. The van der Waals surface area contributed by atoms with E-state index in [2.05, 4.69) is 26.0 Å². The molecule has 2 N–H and O–H groups in total. The fourth-order valence-corrected chi connectivity index (χ4v) is 6.64. The molecule has 1 aliphatic heterocycles. The molecule has 0 radical (unpaired) electrons. The summed E-state index contributed by atoms with van der Waals surface area (Å²) in [5.74, 6) is 0. The van der Waals surface area contributed by atoms with Gasteiger partial charge in [-0.2, -0.15) is 0 Å². The van der Waals surface area contributed by atoms with Crippen molar-refractivity contribution in [1.29, 1.82) is 0 Å². The number of nitrogens with one attached hydrogen (secondary N) is 2. The standard InChI is InChI=1S/C23H28N4O3S2/c28-23(25-22-19-7-1-4-16(19)14-17-5-2-8-20(17)22)26-32(29,30)13-9-18-6-3-11-27(18)15-21-24-10-12-31-21/h9-10,12-14,18H,1-8,11,15H2,(H2,25,26,28)/b13-9+/t18-/m1/s1. The number of benzene rings is 1. The SMILES string of the molecule is O=C(Nc1c2c(cc3c1CCC3)CCC2)NS(=O)(=O)/C=C/[C@H]1CCCN1Cc1nccs1. The Hall–Kier alpha value is -2.23. The molecule has 7 nitrogen and oxygen atoms in total. The molecule has 3 aliphatic rings. The predicted octanol–water partition coefficient (Wildman–Crippen LogP) is 3.75. The highest BCUT2D eigenvalue weighted by Crippen LogP contribution is 2.38. The van der Waals surface area contributed by atoms with E-state index in [0.717, 1.165) is 74.0 Å². The number of fused-ring (bicyclic) bond motifs is 2. The Morgan fingerprint density at radius 2 is 1.91 bits per heavy atom. The van der Waals surface area contributed by atoms with Gasteiger partial charge in [0.1, 0.15) is 5.01 Å². The van der Waals surface area contributed by atoms with Gasteiger partial charge in [-0.3, -0.25) is 4.90 Å². The number of sulfonamides is 1. The topological polar surface area (TPSA) is 91.4 Å². The molecule has 1 saturated heterocycles. The van der Waals surface area contributed by atoms with Crippen molar-refractivity contribution in [2.45, 2.75) is 64.0 Å². The smallest absolute Gasteiger partial charge is 0.307 e. The third kappa shape index (κ3) is 4.60. The number of aryl methyl sites for hydroxylation is 2. The highest BCUT2D eigenvalue weighted by atomic mass is 32.2. The summed E-state index contributed by atoms with van der Waals surface area (Å²) in [6.07, 6.45) is 11.5. The second-order valence-electron chi connectivity index (χ2n) is 8.77. The molecule has 2 heterocycles. The number of hydrogen-bond donors (Lipinski definition) is 2. The number of hydrogen-bond acceptors (Lipinski definition) is 6. The van der Waals surface area contributed by atoms with Crippen LogP contribution in [-0.4, -0.2) is 36.9 Å². The van der Waals surface area contributed by atoms with Gasteiger partial charge in [0.15, 0.2) is 0 Å². The minimum atomic E-state index is -3.88. The zero-order valence-corrected chi connectivity index (χ0v) is 19.6. The van der Waals surface area contributed by atoms with Crippen LogP contribution in [0.3, 0.4) is 0 Å². The van der Waals surface area contributed by atoms with Gasteiger partial charge in [-0.05, 0) is 80.2 Å². The third-order valence-corrected chi connectivity index (χ3v) is 8.41. The van der Waals surface area contributed by atoms with Gasteiger partial charge in [-0.15, -0.1) is 11.3 Å². The summed E-state index contributed by atoms with van der Waals surface area (Å²) in [6.45, 7) is 1.62. The van der Waals surface area contributed by atoms with Crippen LogP contribution in [0.15, 0.2) is 29.1 Å². The van der Waals surface area contributed by atoms with E-state index < -0.39 is 16.1 Å². The first-order valence-corrected chi connectivity index (χ1v) is 13.7. The summed E-state index contributed by atoms with van der Waals surface area (Å²) < 4.78 is 27.4. The molecule has 1 fully saturated rings. The van der Waals surface area contributed by atoms with E-state index in [1.165, 1.54) is 22.3 Å². The summed E-state index contributed by atoms with van der Waals surface area (Å²) in [5.41, 5.74) is 5.79. The van der Waals surface area contributed by atoms with Crippen molar-refractivity contribution in [2.24, 2.45) is 0 Å². The maximum Gasteiger partial charge on any atom is 0.333 e. The number of aromatic nitrogens is 1. The van der Waals surface area contributed by atoms with E-state index >= 15 is 0 Å². The number of thiazole rings is 1. The summed E-state index contributed by atoms with van der Waals surface area (Å²) in [5, 5.41) is 6.99. The lowest BCUT2D eigenvalue weighted by Gasteiger charge is -2.20. The van der Waals surface area contributed by atoms with Crippen molar-refractivity contribution < 1.29 is 13.2 Å². The number of anilines is 1. The zero-order chi connectivity index (χ0) is 22.1. The Labute approximate surface area is 193 Å².